The monoisotopic (exact) mass is 361 g/mol. The van der Waals surface area contributed by atoms with Crippen molar-refractivity contribution in [2.24, 2.45) is 0 Å². The zero-order valence-electron chi connectivity index (χ0n) is 13.8. The summed E-state index contributed by atoms with van der Waals surface area (Å²) in [4.78, 5) is 1.97. The molecule has 0 bridgehead atoms. The van der Waals surface area contributed by atoms with Crippen LogP contribution in [0.15, 0.2) is 23.1 Å². The third-order valence-electron chi connectivity index (χ3n) is 3.67. The van der Waals surface area contributed by atoms with Crippen LogP contribution in [0, 0.1) is 5.82 Å². The van der Waals surface area contributed by atoms with Crippen molar-refractivity contribution in [2.75, 3.05) is 59.6 Å². The molecule has 2 N–H and O–H groups in total. The number of nitrogens with one attached hydrogen (secondary N) is 2. The fourth-order valence-electron chi connectivity index (χ4n) is 2.40. The van der Waals surface area contributed by atoms with E-state index in [0.717, 1.165) is 32.2 Å². The van der Waals surface area contributed by atoms with Gasteiger partial charge in [-0.25, -0.2) is 17.5 Å². The Morgan fingerprint density at radius 3 is 2.75 bits per heavy atom. The molecule has 1 aliphatic heterocycles. The van der Waals surface area contributed by atoms with Gasteiger partial charge in [-0.15, -0.1) is 0 Å². The minimum Gasteiger partial charge on any atom is -0.490 e. The lowest BCUT2D eigenvalue weighted by atomic mass is 10.3. The number of nitrogens with zero attached hydrogens (tertiary/aromatic N) is 1. The number of sulfonamides is 1. The Balaban J connectivity index is 1.99. The quantitative estimate of drug-likeness (QED) is 0.605. The van der Waals surface area contributed by atoms with Crippen molar-refractivity contribution in [3.05, 3.63) is 24.0 Å². The topological polar surface area (TPSA) is 79.9 Å². The number of ether oxygens (including phenoxy) is 2. The molecule has 0 unspecified atom stereocenters. The first-order chi connectivity index (χ1) is 11.5. The van der Waals surface area contributed by atoms with E-state index in [-0.39, 0.29) is 23.8 Å². The Morgan fingerprint density at radius 1 is 1.29 bits per heavy atom. The van der Waals surface area contributed by atoms with Crippen molar-refractivity contribution in [1.29, 1.82) is 0 Å². The normalized spacial score (nSPS) is 16.2. The number of hydrogen-bond acceptors (Lipinski definition) is 6. The van der Waals surface area contributed by atoms with E-state index in [4.69, 9.17) is 9.47 Å². The zero-order chi connectivity index (χ0) is 17.4. The first kappa shape index (κ1) is 19.1. The van der Waals surface area contributed by atoms with Gasteiger partial charge >= 0.3 is 0 Å². The van der Waals surface area contributed by atoms with Crippen molar-refractivity contribution >= 4 is 10.0 Å². The van der Waals surface area contributed by atoms with Gasteiger partial charge in [0.05, 0.1) is 6.61 Å². The van der Waals surface area contributed by atoms with Crippen LogP contribution in [-0.2, 0) is 14.8 Å². The molecule has 0 saturated carbocycles. The largest absolute Gasteiger partial charge is 0.490 e. The maximum Gasteiger partial charge on any atom is 0.244 e. The molecule has 1 saturated heterocycles. The summed E-state index contributed by atoms with van der Waals surface area (Å²) < 4.78 is 51.2. The molecule has 1 aliphatic rings. The van der Waals surface area contributed by atoms with E-state index in [1.807, 2.05) is 0 Å². The minimum atomic E-state index is -3.85. The lowest BCUT2D eigenvalue weighted by Gasteiger charge is -2.27. The highest BCUT2D eigenvalue weighted by Gasteiger charge is 2.21. The standard InChI is InChI=1S/C15H24FN3O4S/c1-22-10-11-23-14-3-2-13(16)12-15(14)24(20,21)18-6-9-19-7-4-17-5-8-19/h2-3,12,17-18H,4-11H2,1H3. The average Bonchev–Trinajstić information content (AvgIpc) is 2.57. The number of methoxy groups -OCH3 is 1. The molecule has 9 heteroatoms. The van der Waals surface area contributed by atoms with Crippen LogP contribution in [0.3, 0.4) is 0 Å². The number of halogens is 1. The molecule has 7 nitrogen and oxygen atoms in total. The fraction of sp³-hybridized carbons (Fsp3) is 0.600. The van der Waals surface area contributed by atoms with Gasteiger partial charge in [0.15, 0.2) is 0 Å². The van der Waals surface area contributed by atoms with E-state index in [1.165, 1.54) is 19.2 Å². The smallest absolute Gasteiger partial charge is 0.244 e. The summed E-state index contributed by atoms with van der Waals surface area (Å²) in [5, 5.41) is 3.24. The average molecular weight is 361 g/mol. The van der Waals surface area contributed by atoms with Crippen molar-refractivity contribution < 1.29 is 22.3 Å². The summed E-state index contributed by atoms with van der Waals surface area (Å²) in [5.41, 5.74) is 0. The summed E-state index contributed by atoms with van der Waals surface area (Å²) in [5.74, 6) is -0.514. The molecule has 1 fully saturated rings. The summed E-state index contributed by atoms with van der Waals surface area (Å²) in [6, 6.07) is 3.45. The molecule has 0 radical (unpaired) electrons. The van der Waals surface area contributed by atoms with E-state index >= 15 is 0 Å². The third-order valence-corrected chi connectivity index (χ3v) is 5.15. The Labute approximate surface area is 142 Å². The number of benzene rings is 1. The van der Waals surface area contributed by atoms with Gasteiger partial charge < -0.3 is 14.8 Å². The van der Waals surface area contributed by atoms with Crippen LogP contribution >= 0.6 is 0 Å². The Hall–Kier alpha value is -1.26. The number of hydrogen-bond donors (Lipinski definition) is 2. The second-order valence-corrected chi connectivity index (χ2v) is 7.16. The van der Waals surface area contributed by atoms with Crippen LogP contribution < -0.4 is 14.8 Å². The van der Waals surface area contributed by atoms with E-state index in [1.54, 1.807) is 0 Å². The molecular formula is C15H24FN3O4S. The highest BCUT2D eigenvalue weighted by Crippen LogP contribution is 2.24. The predicted molar refractivity (Wildman–Crippen MR) is 88.3 cm³/mol. The molecule has 1 aromatic rings. The number of piperazine rings is 1. The van der Waals surface area contributed by atoms with E-state index < -0.39 is 15.8 Å². The first-order valence-corrected chi connectivity index (χ1v) is 9.35. The van der Waals surface area contributed by atoms with E-state index in [2.05, 4.69) is 14.9 Å². The van der Waals surface area contributed by atoms with Gasteiger partial charge in [0, 0.05) is 46.4 Å². The van der Waals surface area contributed by atoms with E-state index in [9.17, 15) is 12.8 Å². The highest BCUT2D eigenvalue weighted by atomic mass is 32.2. The van der Waals surface area contributed by atoms with Crippen molar-refractivity contribution in [1.82, 2.24) is 14.9 Å². The third kappa shape index (κ3) is 5.67. The lowest BCUT2D eigenvalue weighted by molar-refractivity contribution is 0.144. The van der Waals surface area contributed by atoms with Crippen LogP contribution in [-0.4, -0.2) is 72.9 Å². The molecule has 0 aromatic heterocycles. The van der Waals surface area contributed by atoms with Gasteiger partial charge in [0.25, 0.3) is 0 Å². The minimum absolute atomic E-state index is 0.114. The highest BCUT2D eigenvalue weighted by molar-refractivity contribution is 7.89. The Bertz CT molecular complexity index is 621. The molecule has 136 valence electrons. The van der Waals surface area contributed by atoms with Crippen LogP contribution in [0.25, 0.3) is 0 Å². The molecule has 0 atom stereocenters. The van der Waals surface area contributed by atoms with Gasteiger partial charge in [-0.1, -0.05) is 0 Å². The molecular weight excluding hydrogens is 337 g/mol. The summed E-state index contributed by atoms with van der Waals surface area (Å²) >= 11 is 0. The van der Waals surface area contributed by atoms with Crippen LogP contribution in [0.5, 0.6) is 5.75 Å². The molecule has 1 heterocycles. The van der Waals surface area contributed by atoms with Gasteiger partial charge in [0.2, 0.25) is 10.0 Å². The van der Waals surface area contributed by atoms with Crippen molar-refractivity contribution in [2.45, 2.75) is 4.90 Å². The zero-order valence-corrected chi connectivity index (χ0v) is 14.6. The number of rotatable bonds is 9. The maximum absolute atomic E-state index is 13.5. The van der Waals surface area contributed by atoms with Gasteiger partial charge in [-0.3, -0.25) is 4.90 Å². The summed E-state index contributed by atoms with van der Waals surface area (Å²) in [6.45, 7) is 4.92. The molecule has 0 aliphatic carbocycles. The van der Waals surface area contributed by atoms with Crippen LogP contribution in [0.1, 0.15) is 0 Å². The van der Waals surface area contributed by atoms with Gasteiger partial charge in [-0.05, 0) is 18.2 Å². The predicted octanol–water partition coefficient (Wildman–Crippen LogP) is 0.0344. The van der Waals surface area contributed by atoms with Crippen molar-refractivity contribution in [3.8, 4) is 5.75 Å². The van der Waals surface area contributed by atoms with Crippen molar-refractivity contribution in [3.63, 3.8) is 0 Å². The van der Waals surface area contributed by atoms with Crippen LogP contribution in [0.4, 0.5) is 4.39 Å². The molecule has 0 amide bonds. The summed E-state index contributed by atoms with van der Waals surface area (Å²) in [7, 11) is -2.33. The molecule has 2 rings (SSSR count). The summed E-state index contributed by atoms with van der Waals surface area (Å²) in [6.07, 6.45) is 0. The fourth-order valence-corrected chi connectivity index (χ4v) is 3.57. The molecule has 24 heavy (non-hydrogen) atoms. The molecule has 1 aromatic carbocycles. The molecule has 0 spiro atoms. The Kier molecular flexibility index (Phi) is 7.38. The lowest BCUT2D eigenvalue weighted by Crippen LogP contribution is -2.46. The maximum atomic E-state index is 13.5. The SMILES string of the molecule is COCCOc1ccc(F)cc1S(=O)(=O)NCCN1CCNCC1. The van der Waals surface area contributed by atoms with Crippen LogP contribution in [0.2, 0.25) is 0 Å². The second kappa shape index (κ2) is 9.28. The van der Waals surface area contributed by atoms with Gasteiger partial charge in [0.1, 0.15) is 23.1 Å². The van der Waals surface area contributed by atoms with E-state index in [0.29, 0.717) is 13.2 Å². The first-order valence-electron chi connectivity index (χ1n) is 7.87. The Morgan fingerprint density at radius 2 is 2.04 bits per heavy atom. The second-order valence-electron chi connectivity index (χ2n) is 5.42. The van der Waals surface area contributed by atoms with Gasteiger partial charge in [-0.2, -0.15) is 0 Å².